The van der Waals surface area contributed by atoms with Crippen molar-refractivity contribution in [1.29, 1.82) is 0 Å². The first-order chi connectivity index (χ1) is 9.66. The molecule has 0 spiro atoms. The Kier molecular flexibility index (Phi) is 3.44. The highest BCUT2D eigenvalue weighted by molar-refractivity contribution is 5.86. The summed E-state index contributed by atoms with van der Waals surface area (Å²) in [5.41, 5.74) is 0.997. The van der Waals surface area contributed by atoms with Crippen LogP contribution in [0, 0.1) is 11.8 Å². The molecule has 5 heteroatoms. The van der Waals surface area contributed by atoms with E-state index >= 15 is 0 Å². The fourth-order valence-corrected chi connectivity index (χ4v) is 3.23. The van der Waals surface area contributed by atoms with Crippen molar-refractivity contribution in [3.05, 3.63) is 35.9 Å². The zero-order valence-corrected chi connectivity index (χ0v) is 11.0. The molecule has 0 aromatic heterocycles. The lowest BCUT2D eigenvalue weighted by Gasteiger charge is -2.23. The van der Waals surface area contributed by atoms with Crippen LogP contribution in [-0.4, -0.2) is 29.2 Å². The molecule has 20 heavy (non-hydrogen) atoms. The molecule has 2 saturated heterocycles. The Labute approximate surface area is 116 Å². The summed E-state index contributed by atoms with van der Waals surface area (Å²) in [6.07, 6.45) is 0.976. The maximum atomic E-state index is 12.3. The highest BCUT2D eigenvalue weighted by atomic mass is 16.5. The van der Waals surface area contributed by atoms with E-state index in [1.165, 1.54) is 0 Å². The SMILES string of the molecule is O=C(NCc1ccccc1)C1C(C(=O)O)[C@H]2CC[C@@H]1O2. The molecule has 2 heterocycles. The van der Waals surface area contributed by atoms with Gasteiger partial charge in [0.25, 0.3) is 0 Å². The fraction of sp³-hybridized carbons (Fsp3) is 0.467. The molecule has 1 aromatic rings. The molecule has 5 nitrogen and oxygen atoms in total. The lowest BCUT2D eigenvalue weighted by molar-refractivity contribution is -0.147. The summed E-state index contributed by atoms with van der Waals surface area (Å²) in [4.78, 5) is 23.6. The first-order valence-electron chi connectivity index (χ1n) is 6.86. The summed E-state index contributed by atoms with van der Waals surface area (Å²) >= 11 is 0. The van der Waals surface area contributed by atoms with E-state index in [-0.39, 0.29) is 18.1 Å². The maximum Gasteiger partial charge on any atom is 0.310 e. The predicted molar refractivity (Wildman–Crippen MR) is 70.8 cm³/mol. The number of nitrogens with one attached hydrogen (secondary N) is 1. The van der Waals surface area contributed by atoms with Gasteiger partial charge in [0, 0.05) is 6.54 Å². The smallest absolute Gasteiger partial charge is 0.310 e. The molecule has 1 amide bonds. The molecule has 106 valence electrons. The van der Waals surface area contributed by atoms with Gasteiger partial charge in [0.1, 0.15) is 0 Å². The van der Waals surface area contributed by atoms with E-state index in [9.17, 15) is 14.7 Å². The minimum Gasteiger partial charge on any atom is -0.481 e. The van der Waals surface area contributed by atoms with Crippen molar-refractivity contribution in [2.24, 2.45) is 11.8 Å². The quantitative estimate of drug-likeness (QED) is 0.865. The number of carbonyl (C=O) groups excluding carboxylic acids is 1. The minimum absolute atomic E-state index is 0.214. The highest BCUT2D eigenvalue weighted by Crippen LogP contribution is 2.43. The summed E-state index contributed by atoms with van der Waals surface area (Å²) in [6.45, 7) is 0.417. The number of carbonyl (C=O) groups is 2. The van der Waals surface area contributed by atoms with Crippen LogP contribution in [0.15, 0.2) is 30.3 Å². The Balaban J connectivity index is 1.66. The number of ether oxygens (including phenoxy) is 1. The fourth-order valence-electron chi connectivity index (χ4n) is 3.23. The van der Waals surface area contributed by atoms with E-state index in [2.05, 4.69) is 5.32 Å². The second-order valence-electron chi connectivity index (χ2n) is 5.38. The number of hydrogen-bond donors (Lipinski definition) is 2. The van der Waals surface area contributed by atoms with Crippen molar-refractivity contribution >= 4 is 11.9 Å². The van der Waals surface area contributed by atoms with Crippen LogP contribution in [0.2, 0.25) is 0 Å². The molecule has 4 atom stereocenters. The Morgan fingerprint density at radius 3 is 2.45 bits per heavy atom. The van der Waals surface area contributed by atoms with Crippen LogP contribution in [0.3, 0.4) is 0 Å². The van der Waals surface area contributed by atoms with Gasteiger partial charge in [-0.3, -0.25) is 9.59 Å². The van der Waals surface area contributed by atoms with Crippen molar-refractivity contribution in [3.8, 4) is 0 Å². The van der Waals surface area contributed by atoms with Crippen LogP contribution in [-0.2, 0) is 20.9 Å². The van der Waals surface area contributed by atoms with Gasteiger partial charge in [0.2, 0.25) is 5.91 Å². The Morgan fingerprint density at radius 1 is 1.15 bits per heavy atom. The largest absolute Gasteiger partial charge is 0.481 e. The van der Waals surface area contributed by atoms with Gasteiger partial charge in [-0.2, -0.15) is 0 Å². The topological polar surface area (TPSA) is 75.6 Å². The van der Waals surface area contributed by atoms with Gasteiger partial charge in [-0.25, -0.2) is 0 Å². The highest BCUT2D eigenvalue weighted by Gasteiger charge is 2.55. The van der Waals surface area contributed by atoms with E-state index in [0.717, 1.165) is 18.4 Å². The van der Waals surface area contributed by atoms with Crippen LogP contribution >= 0.6 is 0 Å². The first-order valence-corrected chi connectivity index (χ1v) is 6.86. The summed E-state index contributed by atoms with van der Waals surface area (Å²) in [6, 6.07) is 9.57. The van der Waals surface area contributed by atoms with Gasteiger partial charge in [-0.15, -0.1) is 0 Å². The third-order valence-corrected chi connectivity index (χ3v) is 4.17. The molecule has 2 fully saturated rings. The molecule has 2 N–H and O–H groups in total. The zero-order chi connectivity index (χ0) is 14.1. The zero-order valence-electron chi connectivity index (χ0n) is 11.0. The number of rotatable bonds is 4. The lowest BCUT2D eigenvalue weighted by Crippen LogP contribution is -2.43. The first kappa shape index (κ1) is 13.1. The molecule has 0 aliphatic carbocycles. The van der Waals surface area contributed by atoms with E-state index in [0.29, 0.717) is 6.54 Å². The molecule has 2 aliphatic heterocycles. The average molecular weight is 275 g/mol. The van der Waals surface area contributed by atoms with Crippen molar-refractivity contribution < 1.29 is 19.4 Å². The third kappa shape index (κ3) is 2.29. The molecule has 3 rings (SSSR count). The molecular weight excluding hydrogens is 258 g/mol. The third-order valence-electron chi connectivity index (χ3n) is 4.17. The Bertz CT molecular complexity index is 516. The summed E-state index contributed by atoms with van der Waals surface area (Å²) < 4.78 is 5.59. The predicted octanol–water partition coefficient (Wildman–Crippen LogP) is 1.18. The van der Waals surface area contributed by atoms with E-state index < -0.39 is 17.8 Å². The van der Waals surface area contributed by atoms with Gasteiger partial charge >= 0.3 is 5.97 Å². The number of aliphatic carboxylic acids is 1. The molecular formula is C15H17NO4. The van der Waals surface area contributed by atoms with Gasteiger partial charge in [-0.05, 0) is 18.4 Å². The van der Waals surface area contributed by atoms with Crippen LogP contribution < -0.4 is 5.32 Å². The van der Waals surface area contributed by atoms with Crippen molar-refractivity contribution in [1.82, 2.24) is 5.32 Å². The number of fused-ring (bicyclic) bond motifs is 2. The van der Waals surface area contributed by atoms with Gasteiger partial charge in [-0.1, -0.05) is 30.3 Å². The van der Waals surface area contributed by atoms with Crippen LogP contribution in [0.25, 0.3) is 0 Å². The second-order valence-corrected chi connectivity index (χ2v) is 5.38. The van der Waals surface area contributed by atoms with E-state index in [1.807, 2.05) is 30.3 Å². The number of benzene rings is 1. The number of carboxylic acids is 1. The standard InChI is InChI=1S/C15H17NO4/c17-14(16-8-9-4-2-1-3-5-9)12-10-6-7-11(20-10)13(12)15(18)19/h1-5,10-13H,6-8H2,(H,16,17)(H,18,19)/t10-,11+,12?,13?/m0/s1. The van der Waals surface area contributed by atoms with E-state index in [4.69, 9.17) is 4.74 Å². The van der Waals surface area contributed by atoms with Crippen LogP contribution in [0.5, 0.6) is 0 Å². The summed E-state index contributed by atoms with van der Waals surface area (Å²) in [7, 11) is 0. The Morgan fingerprint density at radius 2 is 1.80 bits per heavy atom. The molecule has 1 aromatic carbocycles. The lowest BCUT2D eigenvalue weighted by atomic mass is 9.78. The van der Waals surface area contributed by atoms with Crippen molar-refractivity contribution in [3.63, 3.8) is 0 Å². The number of carboxylic acid groups (broad SMARTS) is 1. The maximum absolute atomic E-state index is 12.3. The Hall–Kier alpha value is -1.88. The molecule has 0 saturated carbocycles. The normalized spacial score (nSPS) is 31.2. The van der Waals surface area contributed by atoms with Crippen molar-refractivity contribution in [2.45, 2.75) is 31.6 Å². The van der Waals surface area contributed by atoms with Gasteiger partial charge in [0.15, 0.2) is 0 Å². The minimum atomic E-state index is -0.933. The molecule has 0 radical (unpaired) electrons. The summed E-state index contributed by atoms with van der Waals surface area (Å²) in [5.74, 6) is -2.41. The van der Waals surface area contributed by atoms with Crippen LogP contribution in [0.1, 0.15) is 18.4 Å². The van der Waals surface area contributed by atoms with E-state index in [1.54, 1.807) is 0 Å². The summed E-state index contributed by atoms with van der Waals surface area (Å²) in [5, 5.41) is 12.1. The van der Waals surface area contributed by atoms with Crippen molar-refractivity contribution in [2.75, 3.05) is 0 Å². The average Bonchev–Trinajstić information content (AvgIpc) is 3.06. The molecule has 2 bridgehead atoms. The number of hydrogen-bond acceptors (Lipinski definition) is 3. The second kappa shape index (κ2) is 5.25. The van der Waals surface area contributed by atoms with Crippen LogP contribution in [0.4, 0.5) is 0 Å². The van der Waals surface area contributed by atoms with Gasteiger partial charge in [0.05, 0.1) is 24.0 Å². The monoisotopic (exact) mass is 275 g/mol. The molecule has 2 aliphatic rings. The number of amides is 1. The molecule has 2 unspecified atom stereocenters. The van der Waals surface area contributed by atoms with Gasteiger partial charge < -0.3 is 15.2 Å².